The molecule has 0 radical (unpaired) electrons. The standard InChI is InChI=1S/C21H21ClN2O2/c1-13-5-4-6-15(9-13)18(21(25)26)11-17-12-20(23-24(17)3)16-7-8-19(22)14(2)10-16/h4-10,12,18H,11H2,1-3H3,(H,25,26). The molecule has 0 aliphatic carbocycles. The van der Waals surface area contributed by atoms with Crippen LogP contribution in [-0.2, 0) is 18.3 Å². The van der Waals surface area contributed by atoms with Crippen LogP contribution in [0.25, 0.3) is 11.3 Å². The Morgan fingerprint density at radius 3 is 2.62 bits per heavy atom. The van der Waals surface area contributed by atoms with E-state index in [1.165, 1.54) is 0 Å². The lowest BCUT2D eigenvalue weighted by Crippen LogP contribution is -2.16. The molecule has 1 N–H and O–H groups in total. The largest absolute Gasteiger partial charge is 0.481 e. The third kappa shape index (κ3) is 3.81. The van der Waals surface area contributed by atoms with E-state index in [9.17, 15) is 9.90 Å². The Hall–Kier alpha value is -2.59. The van der Waals surface area contributed by atoms with Crippen LogP contribution in [0.3, 0.4) is 0 Å². The van der Waals surface area contributed by atoms with Gasteiger partial charge in [0.05, 0.1) is 11.6 Å². The highest BCUT2D eigenvalue weighted by Crippen LogP contribution is 2.27. The number of rotatable bonds is 5. The van der Waals surface area contributed by atoms with Crippen LogP contribution in [-0.4, -0.2) is 20.9 Å². The second-order valence-electron chi connectivity index (χ2n) is 6.62. The Morgan fingerprint density at radius 2 is 1.96 bits per heavy atom. The van der Waals surface area contributed by atoms with E-state index in [1.54, 1.807) is 4.68 Å². The SMILES string of the molecule is Cc1cccc(C(Cc2cc(-c3ccc(Cl)c(C)c3)nn2C)C(=O)O)c1. The lowest BCUT2D eigenvalue weighted by atomic mass is 9.93. The summed E-state index contributed by atoms with van der Waals surface area (Å²) < 4.78 is 1.75. The number of aryl methyl sites for hydroxylation is 3. The first kappa shape index (κ1) is 18.2. The minimum atomic E-state index is -0.833. The van der Waals surface area contributed by atoms with Gasteiger partial charge in [0.25, 0.3) is 0 Å². The Balaban J connectivity index is 1.92. The van der Waals surface area contributed by atoms with Gasteiger partial charge in [0.2, 0.25) is 0 Å². The highest BCUT2D eigenvalue weighted by molar-refractivity contribution is 6.31. The van der Waals surface area contributed by atoms with E-state index < -0.39 is 11.9 Å². The number of aliphatic carboxylic acids is 1. The number of carbonyl (C=O) groups is 1. The summed E-state index contributed by atoms with van der Waals surface area (Å²) in [5, 5.41) is 15.0. The molecule has 0 aliphatic rings. The molecule has 0 amide bonds. The third-order valence-corrected chi connectivity index (χ3v) is 5.01. The van der Waals surface area contributed by atoms with Gasteiger partial charge in [-0.05, 0) is 43.2 Å². The zero-order valence-corrected chi connectivity index (χ0v) is 15.8. The van der Waals surface area contributed by atoms with Gasteiger partial charge in [0.15, 0.2) is 0 Å². The molecule has 3 aromatic rings. The van der Waals surface area contributed by atoms with Crippen molar-refractivity contribution >= 4 is 17.6 Å². The Bertz CT molecular complexity index is 962. The average Bonchev–Trinajstić information content (AvgIpc) is 2.95. The van der Waals surface area contributed by atoms with Crippen molar-refractivity contribution in [3.8, 4) is 11.3 Å². The highest BCUT2D eigenvalue weighted by Gasteiger charge is 2.22. The van der Waals surface area contributed by atoms with Crippen molar-refractivity contribution in [2.45, 2.75) is 26.2 Å². The molecule has 3 rings (SSSR count). The van der Waals surface area contributed by atoms with Crippen LogP contribution < -0.4 is 0 Å². The van der Waals surface area contributed by atoms with Crippen molar-refractivity contribution in [3.05, 3.63) is 75.9 Å². The molecule has 0 aliphatic heterocycles. The Morgan fingerprint density at radius 1 is 1.19 bits per heavy atom. The lowest BCUT2D eigenvalue weighted by Gasteiger charge is -2.13. The molecule has 1 aromatic heterocycles. The summed E-state index contributed by atoms with van der Waals surface area (Å²) >= 11 is 6.10. The number of hydrogen-bond acceptors (Lipinski definition) is 2. The monoisotopic (exact) mass is 368 g/mol. The van der Waals surface area contributed by atoms with Gasteiger partial charge in [0, 0.05) is 29.7 Å². The van der Waals surface area contributed by atoms with Crippen molar-refractivity contribution in [1.82, 2.24) is 9.78 Å². The van der Waals surface area contributed by atoms with Gasteiger partial charge in [-0.2, -0.15) is 5.10 Å². The predicted octanol–water partition coefficient (Wildman–Crippen LogP) is 4.77. The van der Waals surface area contributed by atoms with Gasteiger partial charge in [-0.15, -0.1) is 0 Å². The zero-order chi connectivity index (χ0) is 18.8. The minimum absolute atomic E-state index is 0.384. The van der Waals surface area contributed by atoms with Crippen LogP contribution in [0.15, 0.2) is 48.5 Å². The fourth-order valence-corrected chi connectivity index (χ4v) is 3.20. The zero-order valence-electron chi connectivity index (χ0n) is 15.0. The number of nitrogens with zero attached hydrogens (tertiary/aromatic N) is 2. The second kappa shape index (κ2) is 7.34. The summed E-state index contributed by atoms with van der Waals surface area (Å²) in [6, 6.07) is 15.4. The smallest absolute Gasteiger partial charge is 0.311 e. The molecular formula is C21H21ClN2O2. The van der Waals surface area contributed by atoms with Gasteiger partial charge in [-0.25, -0.2) is 0 Å². The molecule has 0 fully saturated rings. The van der Waals surface area contributed by atoms with Crippen molar-refractivity contribution in [1.29, 1.82) is 0 Å². The minimum Gasteiger partial charge on any atom is -0.481 e. The molecule has 0 spiro atoms. The van der Waals surface area contributed by atoms with Gasteiger partial charge >= 0.3 is 5.97 Å². The summed E-state index contributed by atoms with van der Waals surface area (Å²) in [6.07, 6.45) is 0.384. The molecule has 26 heavy (non-hydrogen) atoms. The highest BCUT2D eigenvalue weighted by atomic mass is 35.5. The van der Waals surface area contributed by atoms with Gasteiger partial charge < -0.3 is 5.11 Å². The molecule has 1 unspecified atom stereocenters. The fourth-order valence-electron chi connectivity index (χ4n) is 3.09. The van der Waals surface area contributed by atoms with E-state index in [0.29, 0.717) is 6.42 Å². The van der Waals surface area contributed by atoms with E-state index in [-0.39, 0.29) is 0 Å². The number of hydrogen-bond donors (Lipinski definition) is 1. The fraction of sp³-hybridized carbons (Fsp3) is 0.238. The van der Waals surface area contributed by atoms with E-state index in [4.69, 9.17) is 11.6 Å². The Labute approximate surface area is 158 Å². The topological polar surface area (TPSA) is 55.1 Å². The van der Waals surface area contributed by atoms with Gasteiger partial charge in [-0.3, -0.25) is 9.48 Å². The molecular weight excluding hydrogens is 348 g/mol. The van der Waals surface area contributed by atoms with Crippen LogP contribution >= 0.6 is 11.6 Å². The molecule has 1 heterocycles. The number of halogens is 1. The maximum atomic E-state index is 11.8. The first-order valence-electron chi connectivity index (χ1n) is 8.44. The lowest BCUT2D eigenvalue weighted by molar-refractivity contribution is -0.138. The number of carboxylic acid groups (broad SMARTS) is 1. The molecule has 0 saturated carbocycles. The van der Waals surface area contributed by atoms with Crippen molar-refractivity contribution < 1.29 is 9.90 Å². The summed E-state index contributed by atoms with van der Waals surface area (Å²) in [4.78, 5) is 11.8. The molecule has 134 valence electrons. The average molecular weight is 369 g/mol. The summed E-state index contributed by atoms with van der Waals surface area (Å²) in [7, 11) is 1.84. The summed E-state index contributed by atoms with van der Waals surface area (Å²) in [5.41, 5.74) is 5.51. The second-order valence-corrected chi connectivity index (χ2v) is 7.02. The maximum absolute atomic E-state index is 11.8. The molecule has 1 atom stereocenters. The van der Waals surface area contributed by atoms with Crippen molar-refractivity contribution in [2.75, 3.05) is 0 Å². The maximum Gasteiger partial charge on any atom is 0.311 e. The van der Waals surface area contributed by atoms with Gasteiger partial charge in [-0.1, -0.05) is 47.5 Å². The first-order valence-corrected chi connectivity index (χ1v) is 8.82. The summed E-state index contributed by atoms with van der Waals surface area (Å²) in [5.74, 6) is -1.44. The van der Waals surface area contributed by atoms with E-state index >= 15 is 0 Å². The first-order chi connectivity index (χ1) is 12.3. The van der Waals surface area contributed by atoms with E-state index in [1.807, 2.05) is 69.4 Å². The van der Waals surface area contributed by atoms with Gasteiger partial charge in [0.1, 0.15) is 0 Å². The Kier molecular flexibility index (Phi) is 5.14. The molecule has 2 aromatic carbocycles. The van der Waals surface area contributed by atoms with Crippen LogP contribution in [0.2, 0.25) is 5.02 Å². The van der Waals surface area contributed by atoms with Crippen LogP contribution in [0.1, 0.15) is 28.3 Å². The quantitative estimate of drug-likeness (QED) is 0.705. The predicted molar refractivity (Wildman–Crippen MR) is 104 cm³/mol. The van der Waals surface area contributed by atoms with Crippen molar-refractivity contribution in [2.24, 2.45) is 7.05 Å². The molecule has 0 bridgehead atoms. The number of benzene rings is 2. The third-order valence-electron chi connectivity index (χ3n) is 4.59. The number of carboxylic acids is 1. The van der Waals surface area contributed by atoms with Crippen LogP contribution in [0.4, 0.5) is 0 Å². The normalized spacial score (nSPS) is 12.2. The molecule has 4 nitrogen and oxygen atoms in total. The summed E-state index contributed by atoms with van der Waals surface area (Å²) in [6.45, 7) is 3.92. The van der Waals surface area contributed by atoms with E-state index in [2.05, 4.69) is 5.10 Å². The van der Waals surface area contributed by atoms with Crippen LogP contribution in [0.5, 0.6) is 0 Å². The van der Waals surface area contributed by atoms with Crippen LogP contribution in [0, 0.1) is 13.8 Å². The number of aromatic nitrogens is 2. The van der Waals surface area contributed by atoms with Crippen molar-refractivity contribution in [3.63, 3.8) is 0 Å². The van der Waals surface area contributed by atoms with E-state index in [0.717, 1.165) is 38.7 Å². The molecule has 5 heteroatoms. The molecule has 0 saturated heterocycles.